The van der Waals surface area contributed by atoms with E-state index < -0.39 is 16.1 Å². The van der Waals surface area contributed by atoms with Crippen LogP contribution in [0.1, 0.15) is 17.3 Å². The molecule has 0 saturated carbocycles. The van der Waals surface area contributed by atoms with Gasteiger partial charge in [0, 0.05) is 7.05 Å². The van der Waals surface area contributed by atoms with Crippen LogP contribution in [0.4, 0.5) is 0 Å². The van der Waals surface area contributed by atoms with E-state index in [1.54, 1.807) is 44.3 Å². The van der Waals surface area contributed by atoms with Gasteiger partial charge in [0.15, 0.2) is 0 Å². The first-order valence-electron chi connectivity index (χ1n) is 6.03. The highest BCUT2D eigenvalue weighted by atomic mass is 35.5. The van der Waals surface area contributed by atoms with E-state index in [0.717, 1.165) is 0 Å². The summed E-state index contributed by atoms with van der Waals surface area (Å²) in [6, 6.07) is 9.54. The van der Waals surface area contributed by atoms with Gasteiger partial charge >= 0.3 is 0 Å². The van der Waals surface area contributed by atoms with Crippen molar-refractivity contribution in [1.29, 1.82) is 5.26 Å². The molecule has 1 N–H and O–H groups in total. The van der Waals surface area contributed by atoms with Crippen LogP contribution in [0.15, 0.2) is 35.2 Å². The van der Waals surface area contributed by atoms with Gasteiger partial charge in [0.05, 0.1) is 11.8 Å². The third-order valence-electron chi connectivity index (χ3n) is 2.90. The SMILES string of the molecule is Cc1nn(C)c(Cl)c1S(=O)(=O)NC(C#N)c1ccccc1. The molecule has 110 valence electrons. The van der Waals surface area contributed by atoms with Crippen molar-refractivity contribution in [3.8, 4) is 6.07 Å². The molecule has 1 aromatic heterocycles. The van der Waals surface area contributed by atoms with Crippen LogP contribution in [-0.2, 0) is 17.1 Å². The number of rotatable bonds is 4. The van der Waals surface area contributed by atoms with E-state index in [9.17, 15) is 13.7 Å². The molecule has 6 nitrogen and oxygen atoms in total. The molecular weight excluding hydrogens is 312 g/mol. The fraction of sp³-hybridized carbons (Fsp3) is 0.231. The van der Waals surface area contributed by atoms with Gasteiger partial charge in [-0.3, -0.25) is 4.68 Å². The Morgan fingerprint density at radius 3 is 2.48 bits per heavy atom. The van der Waals surface area contributed by atoms with Crippen LogP contribution < -0.4 is 4.72 Å². The number of nitriles is 1. The minimum Gasteiger partial charge on any atom is -0.255 e. The van der Waals surface area contributed by atoms with Gasteiger partial charge in [0.25, 0.3) is 0 Å². The topological polar surface area (TPSA) is 87.8 Å². The summed E-state index contributed by atoms with van der Waals surface area (Å²) in [6.45, 7) is 1.55. The van der Waals surface area contributed by atoms with E-state index in [4.69, 9.17) is 11.6 Å². The van der Waals surface area contributed by atoms with E-state index in [-0.39, 0.29) is 15.7 Å². The van der Waals surface area contributed by atoms with Crippen LogP contribution in [0.2, 0.25) is 5.15 Å². The van der Waals surface area contributed by atoms with Crippen molar-refractivity contribution >= 4 is 21.6 Å². The van der Waals surface area contributed by atoms with E-state index >= 15 is 0 Å². The van der Waals surface area contributed by atoms with Gasteiger partial charge in [-0.05, 0) is 12.5 Å². The van der Waals surface area contributed by atoms with Crippen molar-refractivity contribution < 1.29 is 8.42 Å². The van der Waals surface area contributed by atoms with E-state index in [0.29, 0.717) is 5.56 Å². The van der Waals surface area contributed by atoms with Crippen LogP contribution in [0.5, 0.6) is 0 Å². The van der Waals surface area contributed by atoms with Crippen molar-refractivity contribution in [3.05, 3.63) is 46.7 Å². The summed E-state index contributed by atoms with van der Waals surface area (Å²) in [6.07, 6.45) is 0. The standard InChI is InChI=1S/C13H13ClN4O2S/c1-9-12(13(14)18(2)16-9)21(19,20)17-11(8-15)10-6-4-3-5-7-10/h3-7,11,17H,1-2H3. The number of benzene rings is 1. The lowest BCUT2D eigenvalue weighted by molar-refractivity contribution is 0.575. The number of hydrogen-bond acceptors (Lipinski definition) is 4. The molecule has 1 heterocycles. The van der Waals surface area contributed by atoms with E-state index in [1.165, 1.54) is 4.68 Å². The number of halogens is 1. The first-order chi connectivity index (χ1) is 9.86. The second-order valence-electron chi connectivity index (χ2n) is 4.42. The first-order valence-corrected chi connectivity index (χ1v) is 7.89. The van der Waals surface area contributed by atoms with Gasteiger partial charge in [0.1, 0.15) is 16.1 Å². The molecule has 2 aromatic rings. The average Bonchev–Trinajstić information content (AvgIpc) is 2.71. The van der Waals surface area contributed by atoms with Crippen molar-refractivity contribution in [2.45, 2.75) is 17.9 Å². The van der Waals surface area contributed by atoms with Crippen LogP contribution in [0.25, 0.3) is 0 Å². The van der Waals surface area contributed by atoms with Gasteiger partial charge < -0.3 is 0 Å². The predicted octanol–water partition coefficient (Wildman–Crippen LogP) is 1.93. The number of aryl methyl sites for hydroxylation is 2. The molecule has 0 aliphatic carbocycles. The Bertz CT molecular complexity index is 794. The predicted molar refractivity (Wildman–Crippen MR) is 78.1 cm³/mol. The number of hydrogen-bond donors (Lipinski definition) is 1. The maximum absolute atomic E-state index is 12.4. The molecule has 0 spiro atoms. The molecule has 1 atom stereocenters. The van der Waals surface area contributed by atoms with Gasteiger partial charge in [-0.2, -0.15) is 15.1 Å². The quantitative estimate of drug-likeness (QED) is 0.930. The fourth-order valence-electron chi connectivity index (χ4n) is 1.94. The Morgan fingerprint density at radius 2 is 2.00 bits per heavy atom. The largest absolute Gasteiger partial charge is 0.255 e. The Kier molecular flexibility index (Phi) is 4.32. The zero-order valence-corrected chi connectivity index (χ0v) is 13.0. The monoisotopic (exact) mass is 324 g/mol. The summed E-state index contributed by atoms with van der Waals surface area (Å²) < 4.78 is 28.5. The van der Waals surface area contributed by atoms with Gasteiger partial charge in [-0.25, -0.2) is 8.42 Å². The Balaban J connectivity index is 2.39. The Morgan fingerprint density at radius 1 is 1.38 bits per heavy atom. The smallest absolute Gasteiger partial charge is 0.246 e. The van der Waals surface area contributed by atoms with Crippen LogP contribution in [0.3, 0.4) is 0 Å². The second kappa shape index (κ2) is 5.85. The molecule has 2 rings (SSSR count). The van der Waals surface area contributed by atoms with Gasteiger partial charge in [-0.15, -0.1) is 0 Å². The summed E-state index contributed by atoms with van der Waals surface area (Å²) in [5.74, 6) is 0. The minimum absolute atomic E-state index is 0.00440. The highest BCUT2D eigenvalue weighted by Crippen LogP contribution is 2.25. The maximum Gasteiger partial charge on any atom is 0.246 e. The minimum atomic E-state index is -3.95. The fourth-order valence-corrected chi connectivity index (χ4v) is 3.82. The lowest BCUT2D eigenvalue weighted by atomic mass is 10.1. The van der Waals surface area contributed by atoms with Gasteiger partial charge in [0.2, 0.25) is 10.0 Å². The molecule has 1 aromatic carbocycles. The summed E-state index contributed by atoms with van der Waals surface area (Å²) in [5, 5.41) is 13.2. The summed E-state index contributed by atoms with van der Waals surface area (Å²) in [4.78, 5) is -0.108. The number of nitrogens with one attached hydrogen (secondary N) is 1. The lowest BCUT2D eigenvalue weighted by Crippen LogP contribution is -2.28. The van der Waals surface area contributed by atoms with Crippen molar-refractivity contribution in [3.63, 3.8) is 0 Å². The molecular formula is C13H13ClN4O2S. The zero-order chi connectivity index (χ0) is 15.6. The summed E-state index contributed by atoms with van der Waals surface area (Å²) in [7, 11) is -2.40. The molecule has 0 radical (unpaired) electrons. The summed E-state index contributed by atoms with van der Waals surface area (Å²) in [5.41, 5.74) is 0.834. The molecule has 0 amide bonds. The van der Waals surface area contributed by atoms with E-state index in [1.807, 2.05) is 6.07 Å². The van der Waals surface area contributed by atoms with Crippen LogP contribution >= 0.6 is 11.6 Å². The molecule has 8 heteroatoms. The summed E-state index contributed by atoms with van der Waals surface area (Å²) >= 11 is 5.97. The number of nitrogens with zero attached hydrogens (tertiary/aromatic N) is 3. The zero-order valence-electron chi connectivity index (χ0n) is 11.4. The maximum atomic E-state index is 12.4. The second-order valence-corrected chi connectivity index (χ2v) is 6.43. The number of sulfonamides is 1. The average molecular weight is 325 g/mol. The molecule has 1 unspecified atom stereocenters. The van der Waals surface area contributed by atoms with Crippen LogP contribution in [0, 0.1) is 18.3 Å². The normalized spacial score (nSPS) is 12.9. The number of aromatic nitrogens is 2. The first kappa shape index (κ1) is 15.5. The highest BCUT2D eigenvalue weighted by Gasteiger charge is 2.28. The van der Waals surface area contributed by atoms with Crippen molar-refractivity contribution in [2.24, 2.45) is 7.05 Å². The molecule has 0 fully saturated rings. The molecule has 21 heavy (non-hydrogen) atoms. The molecule has 0 saturated heterocycles. The Hall–Kier alpha value is -1.88. The lowest BCUT2D eigenvalue weighted by Gasteiger charge is -2.12. The molecule has 0 bridgehead atoms. The third-order valence-corrected chi connectivity index (χ3v) is 5.02. The third kappa shape index (κ3) is 3.08. The van der Waals surface area contributed by atoms with Crippen molar-refractivity contribution in [1.82, 2.24) is 14.5 Å². The Labute approximate surface area is 128 Å². The molecule has 0 aliphatic rings. The van der Waals surface area contributed by atoms with Crippen molar-refractivity contribution in [2.75, 3.05) is 0 Å². The highest BCUT2D eigenvalue weighted by molar-refractivity contribution is 7.89. The van der Waals surface area contributed by atoms with Gasteiger partial charge in [-0.1, -0.05) is 41.9 Å². The molecule has 0 aliphatic heterocycles. The van der Waals surface area contributed by atoms with Crippen LogP contribution in [-0.4, -0.2) is 18.2 Å². The van der Waals surface area contributed by atoms with E-state index in [2.05, 4.69) is 9.82 Å².